The molecule has 1 amide bonds. The summed E-state index contributed by atoms with van der Waals surface area (Å²) < 4.78 is 5.12. The van der Waals surface area contributed by atoms with Crippen LogP contribution >= 0.6 is 34.5 Å². The van der Waals surface area contributed by atoms with Gasteiger partial charge in [0.05, 0.1) is 16.3 Å². The Labute approximate surface area is 152 Å². The fourth-order valence-corrected chi connectivity index (χ4v) is 3.16. The van der Waals surface area contributed by atoms with Crippen LogP contribution in [-0.2, 0) is 11.2 Å². The summed E-state index contributed by atoms with van der Waals surface area (Å²) in [6, 6.07) is 9.03. The van der Waals surface area contributed by atoms with Gasteiger partial charge in [-0.1, -0.05) is 29.3 Å². The minimum atomic E-state index is -0.262. The number of hydrogen-bond acceptors (Lipinski definition) is 4. The van der Waals surface area contributed by atoms with E-state index in [1.54, 1.807) is 36.7 Å². The first-order valence-corrected chi connectivity index (χ1v) is 8.58. The molecule has 0 saturated carbocycles. The Morgan fingerprint density at radius 1 is 1.29 bits per heavy atom. The van der Waals surface area contributed by atoms with E-state index in [1.165, 1.54) is 17.4 Å². The van der Waals surface area contributed by atoms with Crippen LogP contribution in [0.5, 0.6) is 0 Å². The summed E-state index contributed by atoms with van der Waals surface area (Å²) in [6.07, 6.45) is 6.96. The van der Waals surface area contributed by atoms with E-state index in [-0.39, 0.29) is 5.91 Å². The molecule has 0 unspecified atom stereocenters. The summed E-state index contributed by atoms with van der Waals surface area (Å²) in [5.74, 6) is 0.353. The molecule has 0 atom stereocenters. The smallest absolute Gasteiger partial charge is 0.250 e. The van der Waals surface area contributed by atoms with Crippen molar-refractivity contribution in [1.29, 1.82) is 0 Å². The van der Waals surface area contributed by atoms with E-state index in [0.717, 1.165) is 10.4 Å². The molecule has 7 heteroatoms. The molecule has 24 heavy (non-hydrogen) atoms. The topological polar surface area (TPSA) is 55.1 Å². The van der Waals surface area contributed by atoms with Crippen LogP contribution in [0.2, 0.25) is 10.0 Å². The van der Waals surface area contributed by atoms with E-state index < -0.39 is 0 Å². The first-order chi connectivity index (χ1) is 11.6. The molecule has 1 N–H and O–H groups in total. The second-order valence-corrected chi connectivity index (χ2v) is 6.82. The highest BCUT2D eigenvalue weighted by atomic mass is 35.5. The number of benzene rings is 1. The summed E-state index contributed by atoms with van der Waals surface area (Å²) in [6.45, 7) is 0. The summed E-state index contributed by atoms with van der Waals surface area (Å²) in [7, 11) is 0. The zero-order valence-electron chi connectivity index (χ0n) is 12.3. The van der Waals surface area contributed by atoms with E-state index in [4.69, 9.17) is 27.6 Å². The van der Waals surface area contributed by atoms with Gasteiger partial charge in [0.15, 0.2) is 5.13 Å². The zero-order chi connectivity index (χ0) is 16.9. The number of aromatic nitrogens is 1. The molecule has 2 heterocycles. The lowest BCUT2D eigenvalue weighted by Gasteiger charge is -2.01. The number of amides is 1. The zero-order valence-corrected chi connectivity index (χ0v) is 14.7. The van der Waals surface area contributed by atoms with E-state index in [1.807, 2.05) is 12.1 Å². The van der Waals surface area contributed by atoms with E-state index in [0.29, 0.717) is 27.4 Å². The Morgan fingerprint density at radius 3 is 2.92 bits per heavy atom. The van der Waals surface area contributed by atoms with Gasteiger partial charge in [-0.2, -0.15) is 0 Å². The predicted octanol–water partition coefficient (Wildman–Crippen LogP) is 5.29. The lowest BCUT2D eigenvalue weighted by Crippen LogP contribution is -2.06. The quantitative estimate of drug-likeness (QED) is 0.613. The number of halogens is 2. The van der Waals surface area contributed by atoms with Crippen LogP contribution in [0.4, 0.5) is 5.13 Å². The van der Waals surface area contributed by atoms with Gasteiger partial charge in [0.25, 0.3) is 0 Å². The van der Waals surface area contributed by atoms with Gasteiger partial charge in [0.1, 0.15) is 5.76 Å². The van der Waals surface area contributed by atoms with Crippen molar-refractivity contribution < 1.29 is 9.21 Å². The third-order valence-corrected chi connectivity index (χ3v) is 4.74. The Morgan fingerprint density at radius 2 is 2.17 bits per heavy atom. The van der Waals surface area contributed by atoms with Crippen LogP contribution in [-0.4, -0.2) is 10.9 Å². The second-order valence-electron chi connectivity index (χ2n) is 4.89. The van der Waals surface area contributed by atoms with Gasteiger partial charge in [-0.05, 0) is 35.9 Å². The van der Waals surface area contributed by atoms with E-state index >= 15 is 0 Å². The van der Waals surface area contributed by atoms with Crippen LogP contribution in [0.3, 0.4) is 0 Å². The number of nitrogens with one attached hydrogen (secondary N) is 1. The Bertz CT molecular complexity index is 873. The Kier molecular flexibility index (Phi) is 5.35. The maximum atomic E-state index is 11.9. The highest BCUT2D eigenvalue weighted by Gasteiger charge is 2.07. The van der Waals surface area contributed by atoms with Gasteiger partial charge in [-0.25, -0.2) is 4.98 Å². The molecule has 0 fully saturated rings. The summed E-state index contributed by atoms with van der Waals surface area (Å²) in [5, 5.41) is 4.32. The standard InChI is InChI=1S/C17H12Cl2N2O2S/c18-14-5-3-11(9-15(14)19)8-13-10-20-17(24-13)21-16(22)6-4-12-2-1-7-23-12/h1-7,9-10H,8H2,(H,20,21,22). The molecular formula is C17H12Cl2N2O2S. The van der Waals surface area contributed by atoms with Gasteiger partial charge < -0.3 is 4.42 Å². The fraction of sp³-hybridized carbons (Fsp3) is 0.0588. The van der Waals surface area contributed by atoms with Crippen molar-refractivity contribution in [1.82, 2.24) is 4.98 Å². The normalized spacial score (nSPS) is 11.1. The molecule has 0 aliphatic heterocycles. The molecule has 122 valence electrons. The fourth-order valence-electron chi connectivity index (χ4n) is 1.99. The van der Waals surface area contributed by atoms with Gasteiger partial charge in [-0.3, -0.25) is 10.1 Å². The lowest BCUT2D eigenvalue weighted by molar-refractivity contribution is -0.111. The van der Waals surface area contributed by atoms with Crippen molar-refractivity contribution in [2.45, 2.75) is 6.42 Å². The second kappa shape index (κ2) is 7.66. The molecule has 0 bridgehead atoms. The Balaban J connectivity index is 1.60. The number of carbonyl (C=O) groups excluding carboxylic acids is 1. The number of thiazole rings is 1. The molecule has 1 aromatic carbocycles. The number of carbonyl (C=O) groups is 1. The number of nitrogens with zero attached hydrogens (tertiary/aromatic N) is 1. The average molecular weight is 379 g/mol. The van der Waals surface area contributed by atoms with Crippen molar-refractivity contribution in [3.63, 3.8) is 0 Å². The molecule has 0 aliphatic carbocycles. The number of anilines is 1. The molecule has 4 nitrogen and oxygen atoms in total. The molecule has 3 aromatic rings. The number of hydrogen-bond donors (Lipinski definition) is 1. The maximum absolute atomic E-state index is 11.9. The highest BCUT2D eigenvalue weighted by Crippen LogP contribution is 2.26. The number of rotatable bonds is 5. The van der Waals surface area contributed by atoms with E-state index in [9.17, 15) is 4.79 Å². The largest absolute Gasteiger partial charge is 0.465 e. The third kappa shape index (κ3) is 4.47. The van der Waals surface area contributed by atoms with Crippen LogP contribution in [0.25, 0.3) is 6.08 Å². The van der Waals surface area contributed by atoms with Gasteiger partial charge in [-0.15, -0.1) is 11.3 Å². The summed E-state index contributed by atoms with van der Waals surface area (Å²) in [5.41, 5.74) is 1.03. The first-order valence-electron chi connectivity index (χ1n) is 7.01. The molecule has 0 saturated heterocycles. The van der Waals surface area contributed by atoms with Gasteiger partial charge in [0.2, 0.25) is 5.91 Å². The molecule has 0 spiro atoms. The minimum Gasteiger partial charge on any atom is -0.465 e. The van der Waals surface area contributed by atoms with E-state index in [2.05, 4.69) is 10.3 Å². The molecule has 2 aromatic heterocycles. The van der Waals surface area contributed by atoms with Crippen LogP contribution < -0.4 is 5.32 Å². The van der Waals surface area contributed by atoms with Crippen LogP contribution in [0.1, 0.15) is 16.2 Å². The number of furan rings is 1. The Hall–Kier alpha value is -2.08. The van der Waals surface area contributed by atoms with Crippen molar-refractivity contribution in [3.05, 3.63) is 75.1 Å². The monoisotopic (exact) mass is 378 g/mol. The van der Waals surface area contributed by atoms with Crippen molar-refractivity contribution in [2.75, 3.05) is 5.32 Å². The SMILES string of the molecule is O=C(C=Cc1ccco1)Nc1ncc(Cc2ccc(Cl)c(Cl)c2)s1. The molecule has 3 rings (SSSR count). The van der Waals surface area contributed by atoms with Crippen molar-refractivity contribution in [2.24, 2.45) is 0 Å². The molecule has 0 radical (unpaired) electrons. The third-order valence-electron chi connectivity index (χ3n) is 3.09. The molecular weight excluding hydrogens is 367 g/mol. The summed E-state index contributed by atoms with van der Waals surface area (Å²) >= 11 is 13.3. The van der Waals surface area contributed by atoms with Crippen molar-refractivity contribution in [3.8, 4) is 0 Å². The minimum absolute atomic E-state index is 0.262. The maximum Gasteiger partial charge on any atom is 0.250 e. The lowest BCUT2D eigenvalue weighted by atomic mass is 10.1. The van der Waals surface area contributed by atoms with Gasteiger partial charge in [0, 0.05) is 23.6 Å². The summed E-state index contributed by atoms with van der Waals surface area (Å²) in [4.78, 5) is 17.1. The first kappa shape index (κ1) is 16.8. The van der Waals surface area contributed by atoms with Gasteiger partial charge >= 0.3 is 0 Å². The van der Waals surface area contributed by atoms with Crippen LogP contribution in [0.15, 0.2) is 53.3 Å². The highest BCUT2D eigenvalue weighted by molar-refractivity contribution is 7.15. The average Bonchev–Trinajstić information content (AvgIpc) is 3.21. The van der Waals surface area contributed by atoms with Crippen LogP contribution in [0, 0.1) is 0 Å². The molecule has 0 aliphatic rings. The predicted molar refractivity (Wildman–Crippen MR) is 97.8 cm³/mol. The van der Waals surface area contributed by atoms with Crippen molar-refractivity contribution >= 4 is 51.7 Å².